The Morgan fingerprint density at radius 1 is 1.24 bits per heavy atom. The molecule has 2 aliphatic rings. The highest BCUT2D eigenvalue weighted by molar-refractivity contribution is 7.03. The normalized spacial score (nSPS) is 23.6. The molecule has 2 heterocycles. The lowest BCUT2D eigenvalue weighted by atomic mass is 9.88. The van der Waals surface area contributed by atoms with Crippen LogP contribution in [0.5, 0.6) is 0 Å². The van der Waals surface area contributed by atoms with Gasteiger partial charge in [0.15, 0.2) is 5.69 Å². The molecule has 1 aromatic heterocycles. The summed E-state index contributed by atoms with van der Waals surface area (Å²) < 4.78 is 10.1. The Hall–Kier alpha value is -1.79. The molecule has 1 aliphatic heterocycles. The SMILES string of the molecule is O=C(c1csnn1)N1CC[C@@H](OCC2CC2)[C@H](Cc2ccccc2)C1. The molecule has 132 valence electrons. The largest absolute Gasteiger partial charge is 0.377 e. The highest BCUT2D eigenvalue weighted by Gasteiger charge is 2.34. The average Bonchev–Trinajstić information content (AvgIpc) is 3.31. The summed E-state index contributed by atoms with van der Waals surface area (Å²) in [5, 5.41) is 5.66. The second kappa shape index (κ2) is 7.62. The maximum Gasteiger partial charge on any atom is 0.275 e. The maximum absolute atomic E-state index is 12.6. The van der Waals surface area contributed by atoms with Gasteiger partial charge in [0.25, 0.3) is 5.91 Å². The van der Waals surface area contributed by atoms with Crippen molar-refractivity contribution in [3.63, 3.8) is 0 Å². The van der Waals surface area contributed by atoms with E-state index in [-0.39, 0.29) is 12.0 Å². The van der Waals surface area contributed by atoms with Crippen LogP contribution in [-0.2, 0) is 11.2 Å². The molecule has 2 fully saturated rings. The zero-order valence-electron chi connectivity index (χ0n) is 14.2. The molecule has 4 rings (SSSR count). The summed E-state index contributed by atoms with van der Waals surface area (Å²) in [6.45, 7) is 2.33. The number of carbonyl (C=O) groups is 1. The minimum Gasteiger partial charge on any atom is -0.377 e. The van der Waals surface area contributed by atoms with Gasteiger partial charge in [-0.3, -0.25) is 4.79 Å². The van der Waals surface area contributed by atoms with Crippen molar-refractivity contribution < 1.29 is 9.53 Å². The smallest absolute Gasteiger partial charge is 0.275 e. The molecule has 1 amide bonds. The summed E-state index contributed by atoms with van der Waals surface area (Å²) in [5.41, 5.74) is 1.76. The van der Waals surface area contributed by atoms with Gasteiger partial charge in [-0.15, -0.1) is 5.10 Å². The third-order valence-corrected chi connectivity index (χ3v) is 5.62. The number of carbonyl (C=O) groups excluding carboxylic acids is 1. The van der Waals surface area contributed by atoms with Gasteiger partial charge in [0.1, 0.15) is 0 Å². The summed E-state index contributed by atoms with van der Waals surface area (Å²) >= 11 is 1.22. The number of piperidine rings is 1. The Bertz CT molecular complexity index is 688. The van der Waals surface area contributed by atoms with E-state index in [4.69, 9.17) is 4.74 Å². The van der Waals surface area contributed by atoms with E-state index in [0.29, 0.717) is 11.6 Å². The molecular formula is C19H23N3O2S. The van der Waals surface area contributed by atoms with E-state index >= 15 is 0 Å². The lowest BCUT2D eigenvalue weighted by molar-refractivity contribution is -0.0327. The van der Waals surface area contributed by atoms with Crippen LogP contribution in [0.25, 0.3) is 0 Å². The first-order chi connectivity index (χ1) is 12.3. The first kappa shape index (κ1) is 16.7. The van der Waals surface area contributed by atoms with Gasteiger partial charge in [-0.05, 0) is 48.7 Å². The molecular weight excluding hydrogens is 334 g/mol. The number of ether oxygens (including phenoxy) is 1. The van der Waals surface area contributed by atoms with Crippen molar-refractivity contribution in [2.45, 2.75) is 31.8 Å². The van der Waals surface area contributed by atoms with E-state index in [2.05, 4.69) is 33.9 Å². The van der Waals surface area contributed by atoms with Crippen LogP contribution in [-0.4, -0.2) is 46.2 Å². The number of amides is 1. The van der Waals surface area contributed by atoms with Gasteiger partial charge in [0.2, 0.25) is 0 Å². The van der Waals surface area contributed by atoms with Crippen LogP contribution >= 0.6 is 11.5 Å². The van der Waals surface area contributed by atoms with Crippen LogP contribution in [0.4, 0.5) is 0 Å². The predicted octanol–water partition coefficient (Wildman–Crippen LogP) is 3.04. The standard InChI is InChI=1S/C19H23N3O2S/c23-19(17-13-25-21-20-17)22-9-8-18(24-12-15-6-7-15)16(11-22)10-14-4-2-1-3-5-14/h1-5,13,15-16,18H,6-12H2/t16-,18-/m1/s1. The quantitative estimate of drug-likeness (QED) is 0.797. The number of hydrogen-bond donors (Lipinski definition) is 0. The Morgan fingerprint density at radius 3 is 2.80 bits per heavy atom. The van der Waals surface area contributed by atoms with Crippen molar-refractivity contribution in [2.24, 2.45) is 11.8 Å². The second-order valence-electron chi connectivity index (χ2n) is 7.09. The van der Waals surface area contributed by atoms with Crippen LogP contribution in [0, 0.1) is 11.8 Å². The lowest BCUT2D eigenvalue weighted by Crippen LogP contribution is -2.47. The van der Waals surface area contributed by atoms with Crippen molar-refractivity contribution in [1.29, 1.82) is 0 Å². The topological polar surface area (TPSA) is 55.3 Å². The molecule has 2 aromatic rings. The average molecular weight is 357 g/mol. The summed E-state index contributed by atoms with van der Waals surface area (Å²) in [6, 6.07) is 10.5. The molecule has 0 unspecified atom stereocenters. The number of likely N-dealkylation sites (tertiary alicyclic amines) is 1. The van der Waals surface area contributed by atoms with Crippen molar-refractivity contribution in [3.05, 3.63) is 47.0 Å². The lowest BCUT2D eigenvalue weighted by Gasteiger charge is -2.38. The molecule has 1 aromatic carbocycles. The zero-order valence-corrected chi connectivity index (χ0v) is 15.0. The fourth-order valence-corrected chi connectivity index (χ4v) is 3.92. The van der Waals surface area contributed by atoms with E-state index in [1.54, 1.807) is 5.38 Å². The molecule has 0 spiro atoms. The summed E-state index contributed by atoms with van der Waals surface area (Å²) in [5.74, 6) is 1.08. The zero-order chi connectivity index (χ0) is 17.1. The van der Waals surface area contributed by atoms with Gasteiger partial charge in [-0.25, -0.2) is 0 Å². The maximum atomic E-state index is 12.6. The van der Waals surface area contributed by atoms with Crippen LogP contribution in [0.1, 0.15) is 35.3 Å². The van der Waals surface area contributed by atoms with E-state index in [1.807, 2.05) is 11.0 Å². The summed E-state index contributed by atoms with van der Waals surface area (Å²) in [4.78, 5) is 14.5. The number of hydrogen-bond acceptors (Lipinski definition) is 5. The second-order valence-corrected chi connectivity index (χ2v) is 7.70. The minimum absolute atomic E-state index is 0.00699. The first-order valence-corrected chi connectivity index (χ1v) is 9.85. The van der Waals surface area contributed by atoms with Crippen molar-refractivity contribution in [3.8, 4) is 0 Å². The van der Waals surface area contributed by atoms with Crippen molar-refractivity contribution in [1.82, 2.24) is 14.5 Å². The van der Waals surface area contributed by atoms with Crippen molar-refractivity contribution in [2.75, 3.05) is 19.7 Å². The molecule has 0 radical (unpaired) electrons. The molecule has 25 heavy (non-hydrogen) atoms. The fraction of sp³-hybridized carbons (Fsp3) is 0.526. The van der Waals surface area contributed by atoms with Gasteiger partial charge in [0.05, 0.1) is 6.10 Å². The molecule has 6 heteroatoms. The van der Waals surface area contributed by atoms with Crippen LogP contribution in [0.3, 0.4) is 0 Å². The van der Waals surface area contributed by atoms with E-state index in [1.165, 1.54) is 29.9 Å². The van der Waals surface area contributed by atoms with Gasteiger partial charge >= 0.3 is 0 Å². The number of aromatic nitrogens is 2. The minimum atomic E-state index is -0.00699. The highest BCUT2D eigenvalue weighted by Crippen LogP contribution is 2.32. The molecule has 1 saturated heterocycles. The number of nitrogens with zero attached hydrogens (tertiary/aromatic N) is 3. The third kappa shape index (κ3) is 4.25. The third-order valence-electron chi connectivity index (χ3n) is 5.11. The monoisotopic (exact) mass is 357 g/mol. The molecule has 5 nitrogen and oxygen atoms in total. The summed E-state index contributed by atoms with van der Waals surface area (Å²) in [7, 11) is 0. The first-order valence-electron chi connectivity index (χ1n) is 9.01. The molecule has 1 aliphatic carbocycles. The molecule has 0 N–H and O–H groups in total. The Kier molecular flexibility index (Phi) is 5.08. The predicted molar refractivity (Wildman–Crippen MR) is 96.5 cm³/mol. The van der Waals surface area contributed by atoms with Gasteiger partial charge < -0.3 is 9.64 Å². The van der Waals surface area contributed by atoms with Crippen LogP contribution in [0.15, 0.2) is 35.7 Å². The highest BCUT2D eigenvalue weighted by atomic mass is 32.1. The van der Waals surface area contributed by atoms with E-state index in [9.17, 15) is 4.79 Å². The Morgan fingerprint density at radius 2 is 2.08 bits per heavy atom. The fourth-order valence-electron chi connectivity index (χ4n) is 3.49. The van der Waals surface area contributed by atoms with Crippen LogP contribution < -0.4 is 0 Å². The van der Waals surface area contributed by atoms with Crippen molar-refractivity contribution >= 4 is 17.4 Å². The van der Waals surface area contributed by atoms with Gasteiger partial charge in [-0.2, -0.15) is 0 Å². The van der Waals surface area contributed by atoms with E-state index < -0.39 is 0 Å². The Balaban J connectivity index is 1.45. The van der Waals surface area contributed by atoms with Gasteiger partial charge in [0, 0.05) is 31.0 Å². The number of rotatable bonds is 6. The molecule has 1 saturated carbocycles. The van der Waals surface area contributed by atoms with E-state index in [0.717, 1.165) is 38.5 Å². The van der Waals surface area contributed by atoms with Gasteiger partial charge in [-0.1, -0.05) is 34.8 Å². The molecule has 2 atom stereocenters. The molecule has 0 bridgehead atoms. The number of benzene rings is 1. The Labute approximate surface area is 152 Å². The van der Waals surface area contributed by atoms with Crippen LogP contribution in [0.2, 0.25) is 0 Å². The summed E-state index contributed by atoms with van der Waals surface area (Å²) in [6.07, 6.45) is 4.68.